The van der Waals surface area contributed by atoms with Gasteiger partial charge in [0.25, 0.3) is 6.43 Å². The van der Waals surface area contributed by atoms with Gasteiger partial charge in [-0.2, -0.15) is 0 Å². The topological polar surface area (TPSA) is 0 Å². The highest BCUT2D eigenvalue weighted by atomic mass is 19.3. The molecular formula is C13H15F3. The van der Waals surface area contributed by atoms with Crippen LogP contribution in [-0.2, 0) is 6.42 Å². The van der Waals surface area contributed by atoms with Gasteiger partial charge >= 0.3 is 0 Å². The van der Waals surface area contributed by atoms with E-state index in [2.05, 4.69) is 0 Å². The van der Waals surface area contributed by atoms with E-state index in [0.29, 0.717) is 6.42 Å². The second kappa shape index (κ2) is 5.73. The van der Waals surface area contributed by atoms with E-state index >= 15 is 0 Å². The molecule has 0 fully saturated rings. The zero-order valence-electron chi connectivity index (χ0n) is 9.43. The molecule has 0 saturated carbocycles. The highest BCUT2D eigenvalue weighted by Gasteiger charge is 2.13. The molecule has 0 aliphatic heterocycles. The number of hydrogen-bond acceptors (Lipinski definition) is 0. The van der Waals surface area contributed by atoms with Gasteiger partial charge in [0.15, 0.2) is 0 Å². The molecule has 0 bridgehead atoms. The maximum atomic E-state index is 13.0. The van der Waals surface area contributed by atoms with E-state index in [1.54, 1.807) is 6.07 Å². The van der Waals surface area contributed by atoms with E-state index in [-0.39, 0.29) is 0 Å². The highest BCUT2D eigenvalue weighted by molar-refractivity contribution is 5.29. The normalized spacial score (nSPS) is 12.2. The molecule has 0 N–H and O–H groups in total. The van der Waals surface area contributed by atoms with Crippen molar-refractivity contribution in [3.05, 3.63) is 46.8 Å². The van der Waals surface area contributed by atoms with Crippen LogP contribution in [0.25, 0.3) is 0 Å². The Labute approximate surface area is 93.8 Å². The van der Waals surface area contributed by atoms with Gasteiger partial charge in [0, 0.05) is 0 Å². The fourth-order valence-electron chi connectivity index (χ4n) is 1.56. The Morgan fingerprint density at radius 1 is 1.38 bits per heavy atom. The summed E-state index contributed by atoms with van der Waals surface area (Å²) >= 11 is 0. The lowest BCUT2D eigenvalue weighted by Crippen LogP contribution is -1.95. The molecule has 3 heteroatoms. The van der Waals surface area contributed by atoms with E-state index in [4.69, 9.17) is 0 Å². The van der Waals surface area contributed by atoms with Crippen molar-refractivity contribution in [1.29, 1.82) is 0 Å². The molecule has 0 aliphatic rings. The predicted octanol–water partition coefficient (Wildman–Crippen LogP) is 4.66. The Hall–Kier alpha value is -1.25. The summed E-state index contributed by atoms with van der Waals surface area (Å²) in [5, 5.41) is 0. The Morgan fingerprint density at radius 3 is 2.56 bits per heavy atom. The number of alkyl halides is 2. The molecule has 0 heterocycles. The SMILES string of the molecule is C/C=C(/CC)Cc1ccc(F)c(C(F)F)c1. The van der Waals surface area contributed by atoms with E-state index < -0.39 is 17.8 Å². The van der Waals surface area contributed by atoms with E-state index in [9.17, 15) is 13.2 Å². The van der Waals surface area contributed by atoms with Gasteiger partial charge in [-0.3, -0.25) is 0 Å². The first-order valence-electron chi connectivity index (χ1n) is 5.29. The molecule has 0 atom stereocenters. The van der Waals surface area contributed by atoms with Gasteiger partial charge in [0.1, 0.15) is 5.82 Å². The van der Waals surface area contributed by atoms with Crippen molar-refractivity contribution in [2.45, 2.75) is 33.1 Å². The summed E-state index contributed by atoms with van der Waals surface area (Å²) in [7, 11) is 0. The van der Waals surface area contributed by atoms with Crippen LogP contribution >= 0.6 is 0 Å². The number of hydrogen-bond donors (Lipinski definition) is 0. The minimum absolute atomic E-state index is 0.510. The maximum absolute atomic E-state index is 13.0. The third kappa shape index (κ3) is 3.12. The summed E-state index contributed by atoms with van der Waals surface area (Å²) in [6.07, 6.45) is 0.687. The third-order valence-electron chi connectivity index (χ3n) is 2.59. The lowest BCUT2D eigenvalue weighted by molar-refractivity contribution is 0.146. The number of allylic oxidation sites excluding steroid dienone is 2. The monoisotopic (exact) mass is 228 g/mol. The lowest BCUT2D eigenvalue weighted by Gasteiger charge is -2.07. The van der Waals surface area contributed by atoms with Crippen LogP contribution in [0.2, 0.25) is 0 Å². The molecule has 0 saturated heterocycles. The molecule has 0 spiro atoms. The Bertz CT molecular complexity index is 381. The van der Waals surface area contributed by atoms with Crippen LogP contribution in [0.3, 0.4) is 0 Å². The first-order chi connectivity index (χ1) is 7.58. The van der Waals surface area contributed by atoms with Crippen LogP contribution in [0.15, 0.2) is 29.8 Å². The van der Waals surface area contributed by atoms with Crippen LogP contribution in [0.1, 0.15) is 37.8 Å². The fraction of sp³-hybridized carbons (Fsp3) is 0.385. The molecule has 88 valence electrons. The minimum Gasteiger partial charge on any atom is -0.206 e. The van der Waals surface area contributed by atoms with Crippen molar-refractivity contribution < 1.29 is 13.2 Å². The summed E-state index contributed by atoms with van der Waals surface area (Å²) in [6, 6.07) is 3.92. The van der Waals surface area contributed by atoms with E-state index in [0.717, 1.165) is 23.6 Å². The van der Waals surface area contributed by atoms with Crippen LogP contribution in [-0.4, -0.2) is 0 Å². The fourth-order valence-corrected chi connectivity index (χ4v) is 1.56. The molecule has 0 aliphatic carbocycles. The molecule has 16 heavy (non-hydrogen) atoms. The summed E-state index contributed by atoms with van der Waals surface area (Å²) < 4.78 is 37.9. The zero-order chi connectivity index (χ0) is 12.1. The first-order valence-corrected chi connectivity index (χ1v) is 5.29. The number of benzene rings is 1. The van der Waals surface area contributed by atoms with E-state index in [1.807, 2.05) is 19.9 Å². The second-order valence-electron chi connectivity index (χ2n) is 3.63. The second-order valence-corrected chi connectivity index (χ2v) is 3.63. The van der Waals surface area contributed by atoms with Gasteiger partial charge in [0.05, 0.1) is 5.56 Å². The van der Waals surface area contributed by atoms with Gasteiger partial charge in [0.2, 0.25) is 0 Å². The summed E-state index contributed by atoms with van der Waals surface area (Å²) in [6.45, 7) is 3.92. The average molecular weight is 228 g/mol. The quantitative estimate of drug-likeness (QED) is 0.657. The van der Waals surface area contributed by atoms with Crippen molar-refractivity contribution in [3.63, 3.8) is 0 Å². The largest absolute Gasteiger partial charge is 0.266 e. The highest BCUT2D eigenvalue weighted by Crippen LogP contribution is 2.24. The molecule has 0 nitrogen and oxygen atoms in total. The molecular weight excluding hydrogens is 213 g/mol. The number of halogens is 3. The van der Waals surface area contributed by atoms with Gasteiger partial charge in [-0.1, -0.05) is 24.6 Å². The van der Waals surface area contributed by atoms with Gasteiger partial charge < -0.3 is 0 Å². The van der Waals surface area contributed by atoms with Crippen molar-refractivity contribution >= 4 is 0 Å². The Kier molecular flexibility index (Phi) is 4.59. The van der Waals surface area contributed by atoms with Crippen LogP contribution in [0.4, 0.5) is 13.2 Å². The van der Waals surface area contributed by atoms with E-state index in [1.165, 1.54) is 6.07 Å². The zero-order valence-corrected chi connectivity index (χ0v) is 9.43. The molecule has 0 amide bonds. The molecule has 0 radical (unpaired) electrons. The van der Waals surface area contributed by atoms with Crippen molar-refractivity contribution in [2.75, 3.05) is 0 Å². The van der Waals surface area contributed by atoms with Crippen molar-refractivity contribution in [1.82, 2.24) is 0 Å². The smallest absolute Gasteiger partial charge is 0.206 e. The van der Waals surface area contributed by atoms with Crippen molar-refractivity contribution in [3.8, 4) is 0 Å². The average Bonchev–Trinajstić information content (AvgIpc) is 2.27. The number of rotatable bonds is 4. The summed E-state index contributed by atoms with van der Waals surface area (Å²) in [4.78, 5) is 0. The standard InChI is InChI=1S/C13H15F3/c1-3-9(4-2)7-10-5-6-12(14)11(8-10)13(15)16/h3,5-6,8,13H,4,7H2,1-2H3/b9-3-. The van der Waals surface area contributed by atoms with Gasteiger partial charge in [-0.25, -0.2) is 13.2 Å². The van der Waals surface area contributed by atoms with Crippen LogP contribution < -0.4 is 0 Å². The third-order valence-corrected chi connectivity index (χ3v) is 2.59. The summed E-state index contributed by atoms with van der Waals surface area (Å²) in [5.74, 6) is -0.836. The molecule has 0 aromatic heterocycles. The maximum Gasteiger partial charge on any atom is 0.266 e. The van der Waals surface area contributed by atoms with Gasteiger partial charge in [-0.15, -0.1) is 0 Å². The Balaban J connectivity index is 2.95. The lowest BCUT2D eigenvalue weighted by atomic mass is 10.0. The van der Waals surface area contributed by atoms with Crippen LogP contribution in [0.5, 0.6) is 0 Å². The molecule has 1 aromatic carbocycles. The molecule has 1 rings (SSSR count). The van der Waals surface area contributed by atoms with Crippen LogP contribution in [0, 0.1) is 5.82 Å². The minimum atomic E-state index is -2.75. The van der Waals surface area contributed by atoms with Crippen molar-refractivity contribution in [2.24, 2.45) is 0 Å². The molecule has 1 aromatic rings. The van der Waals surface area contributed by atoms with Gasteiger partial charge in [-0.05, 0) is 37.5 Å². The summed E-state index contributed by atoms with van der Waals surface area (Å²) in [5.41, 5.74) is 1.38. The Morgan fingerprint density at radius 2 is 2.06 bits per heavy atom. The first kappa shape index (κ1) is 12.8. The molecule has 0 unspecified atom stereocenters. The predicted molar refractivity (Wildman–Crippen MR) is 59.1 cm³/mol.